The summed E-state index contributed by atoms with van der Waals surface area (Å²) in [6.07, 6.45) is -0.0282. The highest BCUT2D eigenvalue weighted by molar-refractivity contribution is 6.16. The lowest BCUT2D eigenvalue weighted by Gasteiger charge is -2.22. The van der Waals surface area contributed by atoms with Gasteiger partial charge in [0.05, 0.1) is 29.6 Å². The Morgan fingerprint density at radius 3 is 2.10 bits per heavy atom. The van der Waals surface area contributed by atoms with Crippen LogP contribution in [0.15, 0.2) is 48.5 Å². The third kappa shape index (κ3) is 4.34. The molecule has 0 fully saturated rings. The molecule has 0 bridgehead atoms. The number of primary amides is 1. The van der Waals surface area contributed by atoms with Gasteiger partial charge in [-0.2, -0.15) is 0 Å². The minimum absolute atomic E-state index is 0.0282. The van der Waals surface area contributed by atoms with Gasteiger partial charge in [-0.1, -0.05) is 43.3 Å². The van der Waals surface area contributed by atoms with Crippen LogP contribution in [0, 0.1) is 5.92 Å². The molecular weight excluding hydrogens is 370 g/mol. The molecular formula is C22H23N3O4. The highest BCUT2D eigenvalue weighted by atomic mass is 16.5. The van der Waals surface area contributed by atoms with Gasteiger partial charge in [-0.05, 0) is 25.0 Å². The highest BCUT2D eigenvalue weighted by Crippen LogP contribution is 2.26. The van der Waals surface area contributed by atoms with Crippen molar-refractivity contribution in [2.75, 3.05) is 6.61 Å². The zero-order chi connectivity index (χ0) is 21.0. The quantitative estimate of drug-likeness (QED) is 0.473. The second-order valence-electron chi connectivity index (χ2n) is 6.86. The Morgan fingerprint density at radius 1 is 1.03 bits per heavy atom. The average Bonchev–Trinajstić information content (AvgIpc) is 2.69. The maximum atomic E-state index is 13.2. The Kier molecular flexibility index (Phi) is 6.07. The third-order valence-corrected chi connectivity index (χ3v) is 4.77. The van der Waals surface area contributed by atoms with Gasteiger partial charge < -0.3 is 15.8 Å². The van der Waals surface area contributed by atoms with Gasteiger partial charge in [0.25, 0.3) is 5.91 Å². The molecule has 150 valence electrons. The number of nitrogens with one attached hydrogen (secondary N) is 1. The fourth-order valence-corrected chi connectivity index (χ4v) is 3.39. The minimum atomic E-state index is -1.02. The first kappa shape index (κ1) is 20.3. The van der Waals surface area contributed by atoms with Crippen molar-refractivity contribution in [3.63, 3.8) is 0 Å². The Hall–Kier alpha value is -3.48. The van der Waals surface area contributed by atoms with Crippen LogP contribution in [0.2, 0.25) is 0 Å². The van der Waals surface area contributed by atoms with Crippen molar-refractivity contribution >= 4 is 39.6 Å². The second kappa shape index (κ2) is 8.68. The molecule has 0 aliphatic heterocycles. The molecule has 2 aromatic carbocycles. The van der Waals surface area contributed by atoms with E-state index in [-0.39, 0.29) is 13.0 Å². The summed E-state index contributed by atoms with van der Waals surface area (Å²) in [5.74, 6) is -2.12. The number of hydrogen-bond acceptors (Lipinski definition) is 5. The molecule has 0 spiro atoms. The van der Waals surface area contributed by atoms with Crippen LogP contribution in [0.3, 0.4) is 0 Å². The number of aromatic nitrogens is 1. The molecule has 0 aliphatic rings. The zero-order valence-electron chi connectivity index (χ0n) is 16.3. The number of esters is 1. The van der Waals surface area contributed by atoms with Crippen molar-refractivity contribution in [3.8, 4) is 0 Å². The molecule has 2 amide bonds. The molecule has 0 saturated carbocycles. The lowest BCUT2D eigenvalue weighted by atomic mass is 9.96. The number of nitrogens with zero attached hydrogens (tertiary/aromatic N) is 1. The maximum absolute atomic E-state index is 13.2. The van der Waals surface area contributed by atoms with Gasteiger partial charge in [0, 0.05) is 10.8 Å². The Morgan fingerprint density at radius 2 is 1.59 bits per heavy atom. The monoisotopic (exact) mass is 393 g/mol. The van der Waals surface area contributed by atoms with E-state index in [2.05, 4.69) is 10.3 Å². The van der Waals surface area contributed by atoms with Gasteiger partial charge in [-0.25, -0.2) is 4.98 Å². The molecule has 29 heavy (non-hydrogen) atoms. The number of rotatable bonds is 7. The van der Waals surface area contributed by atoms with Gasteiger partial charge >= 0.3 is 5.97 Å². The number of amides is 2. The van der Waals surface area contributed by atoms with Crippen LogP contribution in [0.4, 0.5) is 0 Å². The van der Waals surface area contributed by atoms with Crippen molar-refractivity contribution in [1.82, 2.24) is 10.3 Å². The van der Waals surface area contributed by atoms with Crippen molar-refractivity contribution < 1.29 is 19.1 Å². The number of ether oxygens (including phenoxy) is 1. The maximum Gasteiger partial charge on any atom is 0.306 e. The normalized spacial score (nSPS) is 13.0. The lowest BCUT2D eigenvalue weighted by Crippen LogP contribution is -2.49. The summed E-state index contributed by atoms with van der Waals surface area (Å²) in [6.45, 7) is 3.62. The summed E-state index contributed by atoms with van der Waals surface area (Å²) in [5, 5.41) is 4.06. The van der Waals surface area contributed by atoms with Crippen LogP contribution >= 0.6 is 0 Å². The van der Waals surface area contributed by atoms with Crippen molar-refractivity contribution in [1.29, 1.82) is 0 Å². The van der Waals surface area contributed by atoms with E-state index in [0.717, 1.165) is 0 Å². The number of benzene rings is 2. The van der Waals surface area contributed by atoms with E-state index in [1.165, 1.54) is 0 Å². The fraction of sp³-hybridized carbons (Fsp3) is 0.273. The second-order valence-corrected chi connectivity index (χ2v) is 6.86. The third-order valence-electron chi connectivity index (χ3n) is 4.77. The van der Waals surface area contributed by atoms with Crippen LogP contribution < -0.4 is 11.1 Å². The first-order chi connectivity index (χ1) is 13.9. The van der Waals surface area contributed by atoms with Crippen LogP contribution in [-0.2, 0) is 14.3 Å². The Bertz CT molecular complexity index is 1030. The van der Waals surface area contributed by atoms with Gasteiger partial charge in [-0.15, -0.1) is 0 Å². The Labute approximate surface area is 168 Å². The zero-order valence-corrected chi connectivity index (χ0v) is 16.3. The van der Waals surface area contributed by atoms with Crippen LogP contribution in [0.25, 0.3) is 21.8 Å². The van der Waals surface area contributed by atoms with Gasteiger partial charge in [0.15, 0.2) is 0 Å². The molecule has 0 saturated heterocycles. The van der Waals surface area contributed by atoms with E-state index in [1.807, 2.05) is 48.5 Å². The van der Waals surface area contributed by atoms with Crippen molar-refractivity contribution in [3.05, 3.63) is 54.1 Å². The largest absolute Gasteiger partial charge is 0.466 e. The van der Waals surface area contributed by atoms with E-state index in [4.69, 9.17) is 10.5 Å². The molecule has 7 heteroatoms. The summed E-state index contributed by atoms with van der Waals surface area (Å²) in [5.41, 5.74) is 7.28. The number of nitrogens with two attached hydrogens (primary N) is 1. The predicted molar refractivity (Wildman–Crippen MR) is 110 cm³/mol. The van der Waals surface area contributed by atoms with Crippen molar-refractivity contribution in [2.24, 2.45) is 11.7 Å². The number of carbonyl (C=O) groups excluding carboxylic acids is 3. The number of pyridine rings is 1. The first-order valence-electron chi connectivity index (χ1n) is 9.45. The number of carbonyl (C=O) groups is 3. The van der Waals surface area contributed by atoms with Crippen LogP contribution in [-0.4, -0.2) is 35.4 Å². The molecule has 7 nitrogen and oxygen atoms in total. The van der Waals surface area contributed by atoms with Crippen molar-refractivity contribution in [2.45, 2.75) is 26.3 Å². The van der Waals surface area contributed by atoms with Gasteiger partial charge in [0.1, 0.15) is 6.04 Å². The van der Waals surface area contributed by atoms with Crippen LogP contribution in [0.5, 0.6) is 0 Å². The molecule has 1 aromatic heterocycles. The SMILES string of the molecule is CCOC(=O)C[C@@H](C)[C@@H](NC(=O)c1c2ccccc2nc2ccccc12)C(N)=O. The van der Waals surface area contributed by atoms with E-state index in [1.54, 1.807) is 13.8 Å². The summed E-state index contributed by atoms with van der Waals surface area (Å²) >= 11 is 0. The molecule has 0 radical (unpaired) electrons. The first-order valence-corrected chi connectivity index (χ1v) is 9.45. The smallest absolute Gasteiger partial charge is 0.306 e. The number of para-hydroxylation sites is 2. The van der Waals surface area contributed by atoms with E-state index >= 15 is 0 Å². The topological polar surface area (TPSA) is 111 Å². The summed E-state index contributed by atoms with van der Waals surface area (Å²) in [4.78, 5) is 41.6. The van der Waals surface area contributed by atoms with E-state index in [9.17, 15) is 14.4 Å². The minimum Gasteiger partial charge on any atom is -0.466 e. The molecule has 3 N–H and O–H groups in total. The summed E-state index contributed by atoms with van der Waals surface area (Å²) < 4.78 is 4.94. The van der Waals surface area contributed by atoms with Gasteiger partial charge in [0.2, 0.25) is 5.91 Å². The molecule has 2 atom stereocenters. The summed E-state index contributed by atoms with van der Waals surface area (Å²) in [6, 6.07) is 13.6. The highest BCUT2D eigenvalue weighted by Gasteiger charge is 2.28. The predicted octanol–water partition coefficient (Wildman–Crippen LogP) is 2.56. The van der Waals surface area contributed by atoms with E-state index in [0.29, 0.717) is 27.4 Å². The number of hydrogen-bond donors (Lipinski definition) is 2. The molecule has 3 aromatic rings. The number of fused-ring (bicyclic) bond motifs is 2. The average molecular weight is 393 g/mol. The fourth-order valence-electron chi connectivity index (χ4n) is 3.39. The Balaban J connectivity index is 1.99. The van der Waals surface area contributed by atoms with Crippen LogP contribution in [0.1, 0.15) is 30.6 Å². The van der Waals surface area contributed by atoms with Gasteiger partial charge in [-0.3, -0.25) is 14.4 Å². The molecule has 0 aliphatic carbocycles. The van der Waals surface area contributed by atoms with E-state index < -0.39 is 29.7 Å². The summed E-state index contributed by atoms with van der Waals surface area (Å²) in [7, 11) is 0. The standard InChI is InChI=1S/C22H23N3O4/c1-3-29-18(26)12-13(2)20(21(23)27)25-22(28)19-14-8-4-6-10-16(14)24-17-11-7-5-9-15(17)19/h4-11,13,20H,3,12H2,1-2H3,(H2,23,27)(H,25,28)/t13-,20-/m1/s1. The lowest BCUT2D eigenvalue weighted by molar-refractivity contribution is -0.144. The molecule has 3 rings (SSSR count). The molecule has 1 heterocycles. The molecule has 0 unspecified atom stereocenters.